The van der Waals surface area contributed by atoms with Gasteiger partial charge in [0, 0.05) is 25.1 Å². The van der Waals surface area contributed by atoms with Crippen molar-refractivity contribution in [3.8, 4) is 17.2 Å². The van der Waals surface area contributed by atoms with E-state index >= 15 is 0 Å². The lowest BCUT2D eigenvalue weighted by atomic mass is 10.1. The van der Waals surface area contributed by atoms with Crippen molar-refractivity contribution < 1.29 is 13.5 Å². The third kappa shape index (κ3) is 5.57. The van der Waals surface area contributed by atoms with Gasteiger partial charge in [-0.2, -0.15) is 0 Å². The monoisotopic (exact) mass is 382 g/mol. The molecule has 3 rings (SSSR count). The number of methoxy groups -OCH3 is 1. The van der Waals surface area contributed by atoms with Gasteiger partial charge in [0.25, 0.3) is 0 Å². The number of nitrogens with two attached hydrogens (primary N) is 1. The molecule has 28 heavy (non-hydrogen) atoms. The first-order valence-corrected chi connectivity index (χ1v) is 9.01. The molecule has 0 radical (unpaired) electrons. The van der Waals surface area contributed by atoms with Crippen LogP contribution >= 0.6 is 0 Å². The van der Waals surface area contributed by atoms with E-state index in [2.05, 4.69) is 15.3 Å². The molecule has 2 aromatic carbocycles. The Morgan fingerprint density at radius 2 is 1.89 bits per heavy atom. The van der Waals surface area contributed by atoms with Crippen molar-refractivity contribution in [3.63, 3.8) is 0 Å². The van der Waals surface area contributed by atoms with Gasteiger partial charge >= 0.3 is 0 Å². The molecule has 146 valence electrons. The highest BCUT2D eigenvalue weighted by atomic mass is 19.1. The molecule has 0 spiro atoms. The second-order valence-electron chi connectivity index (χ2n) is 6.19. The average molecular weight is 382 g/mol. The van der Waals surface area contributed by atoms with Gasteiger partial charge in [0.1, 0.15) is 17.8 Å². The molecule has 0 bridgehead atoms. The largest absolute Gasteiger partial charge is 0.497 e. The zero-order valence-electron chi connectivity index (χ0n) is 15.7. The number of hydrogen-bond donors (Lipinski definition) is 2. The molecule has 0 saturated carbocycles. The van der Waals surface area contributed by atoms with Gasteiger partial charge < -0.3 is 20.2 Å². The molecular formula is C21H23FN4O2. The van der Waals surface area contributed by atoms with Crippen LogP contribution in [0.15, 0.2) is 64.2 Å². The van der Waals surface area contributed by atoms with Gasteiger partial charge in [-0.05, 0) is 48.4 Å². The molecular weight excluding hydrogens is 359 g/mol. The van der Waals surface area contributed by atoms with E-state index in [0.717, 1.165) is 23.4 Å². The van der Waals surface area contributed by atoms with Crippen LogP contribution in [0.1, 0.15) is 11.3 Å². The fraction of sp³-hybridized carbons (Fsp3) is 0.238. The normalized spacial score (nSPS) is 11.4. The zero-order valence-corrected chi connectivity index (χ0v) is 15.7. The SMILES string of the molecule is COc1ccc(CCNC(N)=NCCc2coc(-c3ccc(F)cc3)n2)cc1. The van der Waals surface area contributed by atoms with E-state index in [1.54, 1.807) is 25.5 Å². The summed E-state index contributed by atoms with van der Waals surface area (Å²) in [5.41, 5.74) is 8.59. The first-order valence-electron chi connectivity index (χ1n) is 9.01. The molecule has 0 aliphatic rings. The minimum atomic E-state index is -0.292. The molecule has 0 unspecified atom stereocenters. The highest BCUT2D eigenvalue weighted by Gasteiger charge is 2.06. The number of guanidine groups is 1. The highest BCUT2D eigenvalue weighted by Crippen LogP contribution is 2.19. The molecule has 0 aliphatic carbocycles. The van der Waals surface area contributed by atoms with Crippen LogP contribution in [0.3, 0.4) is 0 Å². The molecule has 3 N–H and O–H groups in total. The van der Waals surface area contributed by atoms with Crippen LogP contribution in [-0.4, -0.2) is 31.1 Å². The number of rotatable bonds is 8. The van der Waals surface area contributed by atoms with E-state index < -0.39 is 0 Å². The van der Waals surface area contributed by atoms with Crippen molar-refractivity contribution in [1.29, 1.82) is 0 Å². The Labute approximate surface area is 163 Å². The van der Waals surface area contributed by atoms with Crippen LogP contribution in [0.2, 0.25) is 0 Å². The summed E-state index contributed by atoms with van der Waals surface area (Å²) in [6.07, 6.45) is 3.03. The maximum atomic E-state index is 13.0. The molecule has 0 aliphatic heterocycles. The maximum Gasteiger partial charge on any atom is 0.226 e. The maximum absolute atomic E-state index is 13.0. The summed E-state index contributed by atoms with van der Waals surface area (Å²) in [5, 5.41) is 3.10. The Morgan fingerprint density at radius 3 is 2.61 bits per heavy atom. The number of aromatic nitrogens is 1. The lowest BCUT2D eigenvalue weighted by Gasteiger charge is -2.06. The summed E-state index contributed by atoms with van der Waals surface area (Å²) in [6, 6.07) is 13.9. The standard InChI is InChI=1S/C21H23FN4O2/c1-27-19-8-2-15(3-9-19)10-12-24-21(23)25-13-11-18-14-28-20(26-18)16-4-6-17(22)7-5-16/h2-9,14H,10-13H2,1H3,(H3,23,24,25). The van der Waals surface area contributed by atoms with Crippen LogP contribution < -0.4 is 15.8 Å². The van der Waals surface area contributed by atoms with Crippen LogP contribution in [-0.2, 0) is 12.8 Å². The number of benzene rings is 2. The second-order valence-corrected chi connectivity index (χ2v) is 6.19. The Bertz CT molecular complexity index is 905. The quantitative estimate of drug-likeness (QED) is 0.462. The lowest BCUT2D eigenvalue weighted by Crippen LogP contribution is -2.33. The van der Waals surface area contributed by atoms with Crippen molar-refractivity contribution in [2.45, 2.75) is 12.8 Å². The number of halogens is 1. The number of nitrogens with one attached hydrogen (secondary N) is 1. The predicted octanol–water partition coefficient (Wildman–Crippen LogP) is 3.18. The highest BCUT2D eigenvalue weighted by molar-refractivity contribution is 5.77. The average Bonchev–Trinajstić information content (AvgIpc) is 3.18. The van der Waals surface area contributed by atoms with Crippen LogP contribution in [0.4, 0.5) is 4.39 Å². The van der Waals surface area contributed by atoms with Crippen molar-refractivity contribution in [2.24, 2.45) is 10.7 Å². The molecule has 1 heterocycles. The fourth-order valence-electron chi connectivity index (χ4n) is 2.62. The number of ether oxygens (including phenoxy) is 1. The minimum absolute atomic E-state index is 0.292. The molecule has 0 saturated heterocycles. The molecule has 0 atom stereocenters. The molecule has 7 heteroatoms. The summed E-state index contributed by atoms with van der Waals surface area (Å²) in [6.45, 7) is 1.19. The smallest absolute Gasteiger partial charge is 0.226 e. The zero-order chi connectivity index (χ0) is 19.8. The Balaban J connectivity index is 1.42. The summed E-state index contributed by atoms with van der Waals surface area (Å²) in [4.78, 5) is 8.70. The predicted molar refractivity (Wildman–Crippen MR) is 107 cm³/mol. The van der Waals surface area contributed by atoms with Crippen molar-refractivity contribution >= 4 is 5.96 Å². The number of aliphatic imine (C=N–C) groups is 1. The summed E-state index contributed by atoms with van der Waals surface area (Å²) in [7, 11) is 1.65. The summed E-state index contributed by atoms with van der Waals surface area (Å²) < 4.78 is 23.6. The third-order valence-electron chi connectivity index (χ3n) is 4.17. The van der Waals surface area contributed by atoms with E-state index in [0.29, 0.717) is 31.4 Å². The van der Waals surface area contributed by atoms with E-state index in [4.69, 9.17) is 14.9 Å². The Kier molecular flexibility index (Phi) is 6.62. The van der Waals surface area contributed by atoms with Crippen LogP contribution in [0.5, 0.6) is 5.75 Å². The first-order chi connectivity index (χ1) is 13.6. The molecule has 1 aromatic heterocycles. The summed E-state index contributed by atoms with van der Waals surface area (Å²) >= 11 is 0. The minimum Gasteiger partial charge on any atom is -0.497 e. The van der Waals surface area contributed by atoms with Gasteiger partial charge in [0.05, 0.1) is 12.8 Å². The molecule has 6 nitrogen and oxygen atoms in total. The molecule has 0 amide bonds. The lowest BCUT2D eigenvalue weighted by molar-refractivity contribution is 0.414. The van der Waals surface area contributed by atoms with E-state index in [-0.39, 0.29) is 5.82 Å². The van der Waals surface area contributed by atoms with Crippen LogP contribution in [0, 0.1) is 5.82 Å². The topological polar surface area (TPSA) is 85.7 Å². The third-order valence-corrected chi connectivity index (χ3v) is 4.17. The van der Waals surface area contributed by atoms with Gasteiger partial charge in [-0.15, -0.1) is 0 Å². The van der Waals surface area contributed by atoms with Crippen LogP contribution in [0.25, 0.3) is 11.5 Å². The fourth-order valence-corrected chi connectivity index (χ4v) is 2.62. The number of hydrogen-bond acceptors (Lipinski definition) is 4. The van der Waals surface area contributed by atoms with E-state index in [9.17, 15) is 4.39 Å². The molecule has 3 aromatic rings. The van der Waals surface area contributed by atoms with Gasteiger partial charge in [-0.1, -0.05) is 12.1 Å². The number of oxazole rings is 1. The first kappa shape index (κ1) is 19.4. The second kappa shape index (κ2) is 9.55. The summed E-state index contributed by atoms with van der Waals surface area (Å²) in [5.74, 6) is 1.41. The number of nitrogens with zero attached hydrogens (tertiary/aromatic N) is 2. The van der Waals surface area contributed by atoms with E-state index in [1.165, 1.54) is 17.7 Å². The Hall–Kier alpha value is -3.35. The van der Waals surface area contributed by atoms with Gasteiger partial charge in [0.2, 0.25) is 5.89 Å². The van der Waals surface area contributed by atoms with Gasteiger partial charge in [-0.3, -0.25) is 4.99 Å². The molecule has 0 fully saturated rings. The van der Waals surface area contributed by atoms with Crippen molar-refractivity contribution in [1.82, 2.24) is 10.3 Å². The van der Waals surface area contributed by atoms with Gasteiger partial charge in [-0.25, -0.2) is 9.37 Å². The van der Waals surface area contributed by atoms with Crippen molar-refractivity contribution in [2.75, 3.05) is 20.2 Å². The van der Waals surface area contributed by atoms with E-state index in [1.807, 2.05) is 24.3 Å². The van der Waals surface area contributed by atoms with Crippen molar-refractivity contribution in [3.05, 3.63) is 71.9 Å². The van der Waals surface area contributed by atoms with Gasteiger partial charge in [0.15, 0.2) is 5.96 Å². The Morgan fingerprint density at radius 1 is 1.14 bits per heavy atom.